The molecule has 6 atom stereocenters. The standard InChI is InChI=1S/C38H47N3O4S/c1-35(2,3)25-36(4,5)40-22-14-20-38-30(33(44)41(31(38)34(40)45)28(24-42)27-17-11-8-12-18-27)29-32(43)39(21-13-19-37(29,6)46-38)23-26-15-9-7-10-16-26/h7-20,28-31,42H,21-25H2,1-6H3/t28-,29-,30+,31?,37+,38+/m1/s1. The second-order valence-corrected chi connectivity index (χ2v) is 17.2. The molecule has 244 valence electrons. The van der Waals surface area contributed by atoms with Crippen molar-refractivity contribution in [1.29, 1.82) is 0 Å². The summed E-state index contributed by atoms with van der Waals surface area (Å²) in [5.41, 5.74) is 1.25. The van der Waals surface area contributed by atoms with E-state index in [9.17, 15) is 9.90 Å². The fourth-order valence-electron chi connectivity index (χ4n) is 8.76. The van der Waals surface area contributed by atoms with E-state index >= 15 is 9.59 Å². The summed E-state index contributed by atoms with van der Waals surface area (Å²) in [4.78, 5) is 50.3. The Morgan fingerprint density at radius 1 is 0.848 bits per heavy atom. The molecule has 4 aliphatic rings. The first kappa shape index (κ1) is 32.6. The van der Waals surface area contributed by atoms with Crippen LogP contribution in [0.2, 0.25) is 0 Å². The number of thioether (sulfide) groups is 1. The molecule has 3 amide bonds. The quantitative estimate of drug-likeness (QED) is 0.397. The average molecular weight is 642 g/mol. The molecule has 2 aromatic rings. The minimum absolute atomic E-state index is 0.0366. The third-order valence-corrected chi connectivity index (χ3v) is 12.0. The van der Waals surface area contributed by atoms with Crippen molar-refractivity contribution in [3.8, 4) is 0 Å². The molecular weight excluding hydrogens is 595 g/mol. The molecule has 4 aliphatic heterocycles. The van der Waals surface area contributed by atoms with Gasteiger partial charge in [0.1, 0.15) is 6.04 Å². The van der Waals surface area contributed by atoms with Crippen molar-refractivity contribution in [2.45, 2.75) is 81.6 Å². The minimum Gasteiger partial charge on any atom is -0.394 e. The molecule has 2 aromatic carbocycles. The summed E-state index contributed by atoms with van der Waals surface area (Å²) in [6.07, 6.45) is 9.02. The Morgan fingerprint density at radius 2 is 1.48 bits per heavy atom. The van der Waals surface area contributed by atoms with Crippen molar-refractivity contribution < 1.29 is 19.5 Å². The Morgan fingerprint density at radius 3 is 2.11 bits per heavy atom. The molecule has 0 saturated carbocycles. The van der Waals surface area contributed by atoms with Gasteiger partial charge >= 0.3 is 0 Å². The minimum atomic E-state index is -0.988. The SMILES string of the molecule is CC(C)(C)CC(C)(C)N1CC=C[C@]23S[C@@]4(C)C=CCN(Cc5ccccc5)C(=O)[C@H]4[C@H]2C(=O)N([C@H](CO)c2ccccc2)C3C1=O. The summed E-state index contributed by atoms with van der Waals surface area (Å²) in [5, 5.41) is 10.9. The zero-order chi connectivity index (χ0) is 33.1. The molecule has 4 heterocycles. The number of likely N-dealkylation sites (tertiary alicyclic amines) is 1. The van der Waals surface area contributed by atoms with E-state index in [4.69, 9.17) is 0 Å². The molecule has 2 fully saturated rings. The van der Waals surface area contributed by atoms with Crippen molar-refractivity contribution in [2.75, 3.05) is 19.7 Å². The fourth-order valence-corrected chi connectivity index (χ4v) is 10.9. The zero-order valence-corrected chi connectivity index (χ0v) is 28.7. The van der Waals surface area contributed by atoms with Crippen molar-refractivity contribution >= 4 is 29.5 Å². The van der Waals surface area contributed by atoms with Gasteiger partial charge in [0.25, 0.3) is 0 Å². The van der Waals surface area contributed by atoms with Gasteiger partial charge in [-0.25, -0.2) is 0 Å². The van der Waals surface area contributed by atoms with Crippen LogP contribution in [0.25, 0.3) is 0 Å². The number of benzene rings is 2. The molecule has 0 bridgehead atoms. The lowest BCUT2D eigenvalue weighted by atomic mass is 9.74. The molecule has 1 N–H and O–H groups in total. The number of carbonyl (C=O) groups is 3. The third-order valence-electron chi connectivity index (χ3n) is 10.2. The maximum absolute atomic E-state index is 15.2. The van der Waals surface area contributed by atoms with Crippen LogP contribution in [0, 0.1) is 17.3 Å². The number of nitrogens with zero attached hydrogens (tertiary/aromatic N) is 3. The van der Waals surface area contributed by atoms with Crippen molar-refractivity contribution in [2.24, 2.45) is 17.3 Å². The van der Waals surface area contributed by atoms with Gasteiger partial charge in [0.05, 0.1) is 29.2 Å². The van der Waals surface area contributed by atoms with Crippen LogP contribution >= 0.6 is 11.8 Å². The first-order valence-electron chi connectivity index (χ1n) is 16.4. The topological polar surface area (TPSA) is 81.2 Å². The van der Waals surface area contributed by atoms with E-state index in [2.05, 4.69) is 53.7 Å². The van der Waals surface area contributed by atoms with Gasteiger partial charge in [-0.15, -0.1) is 11.8 Å². The molecule has 0 aromatic heterocycles. The Balaban J connectivity index is 1.49. The molecule has 1 unspecified atom stereocenters. The van der Waals surface area contributed by atoms with Crippen LogP contribution in [-0.4, -0.2) is 78.3 Å². The normalized spacial score (nSPS) is 30.2. The lowest BCUT2D eigenvalue weighted by Gasteiger charge is -2.45. The molecule has 1 spiro atoms. The molecule has 46 heavy (non-hydrogen) atoms. The summed E-state index contributed by atoms with van der Waals surface area (Å²) in [7, 11) is 0. The second-order valence-electron chi connectivity index (χ2n) is 15.4. The molecule has 7 nitrogen and oxygen atoms in total. The number of fused-ring (bicyclic) bond motifs is 2. The summed E-state index contributed by atoms with van der Waals surface area (Å²) in [6.45, 7) is 13.7. The van der Waals surface area contributed by atoms with Gasteiger partial charge in [0, 0.05) is 29.9 Å². The first-order chi connectivity index (χ1) is 21.7. The number of aliphatic hydroxyl groups is 1. The number of amides is 3. The second kappa shape index (κ2) is 11.7. The third kappa shape index (κ3) is 5.41. The van der Waals surface area contributed by atoms with Gasteiger partial charge in [0.2, 0.25) is 17.7 Å². The molecule has 2 saturated heterocycles. The Kier molecular flexibility index (Phi) is 8.29. The number of hydrogen-bond donors (Lipinski definition) is 1. The van der Waals surface area contributed by atoms with E-state index < -0.39 is 39.0 Å². The first-order valence-corrected chi connectivity index (χ1v) is 17.2. The summed E-state index contributed by atoms with van der Waals surface area (Å²) in [6, 6.07) is 17.7. The van der Waals surface area contributed by atoms with Crippen molar-refractivity contribution in [3.05, 3.63) is 96.1 Å². The predicted octanol–water partition coefficient (Wildman–Crippen LogP) is 5.62. The van der Waals surface area contributed by atoms with Crippen molar-refractivity contribution in [1.82, 2.24) is 14.7 Å². The van der Waals surface area contributed by atoms with Crippen LogP contribution < -0.4 is 0 Å². The molecule has 0 aliphatic carbocycles. The van der Waals surface area contributed by atoms with Crippen LogP contribution in [-0.2, 0) is 20.9 Å². The highest BCUT2D eigenvalue weighted by molar-refractivity contribution is 8.02. The van der Waals surface area contributed by atoms with Gasteiger partial charge in [-0.1, -0.05) is 106 Å². The highest BCUT2D eigenvalue weighted by Crippen LogP contribution is 2.66. The van der Waals surface area contributed by atoms with E-state index in [1.54, 1.807) is 16.7 Å². The zero-order valence-electron chi connectivity index (χ0n) is 27.8. The predicted molar refractivity (Wildman–Crippen MR) is 183 cm³/mol. The highest BCUT2D eigenvalue weighted by Gasteiger charge is 2.75. The van der Waals surface area contributed by atoms with E-state index in [1.807, 2.05) is 82.6 Å². The van der Waals surface area contributed by atoms with E-state index in [0.717, 1.165) is 17.5 Å². The fraction of sp³-hybridized carbons (Fsp3) is 0.500. The highest BCUT2D eigenvalue weighted by atomic mass is 32.2. The Labute approximate surface area is 277 Å². The molecule has 0 radical (unpaired) electrons. The summed E-state index contributed by atoms with van der Waals surface area (Å²) < 4.78 is -1.69. The van der Waals surface area contributed by atoms with Gasteiger partial charge < -0.3 is 19.8 Å². The largest absolute Gasteiger partial charge is 0.394 e. The lowest BCUT2D eigenvalue weighted by Crippen LogP contribution is -2.59. The molecular formula is C38H47N3O4S. The van der Waals surface area contributed by atoms with Crippen LogP contribution in [0.15, 0.2) is 85.0 Å². The van der Waals surface area contributed by atoms with Crippen LogP contribution in [0.3, 0.4) is 0 Å². The van der Waals surface area contributed by atoms with E-state index in [-0.39, 0.29) is 29.7 Å². The van der Waals surface area contributed by atoms with Gasteiger partial charge in [-0.2, -0.15) is 0 Å². The van der Waals surface area contributed by atoms with Gasteiger partial charge in [-0.05, 0) is 43.7 Å². The number of hydrogen-bond acceptors (Lipinski definition) is 5. The van der Waals surface area contributed by atoms with Gasteiger partial charge in [-0.3, -0.25) is 14.4 Å². The lowest BCUT2D eigenvalue weighted by molar-refractivity contribution is -0.150. The maximum atomic E-state index is 15.2. The van der Waals surface area contributed by atoms with Crippen LogP contribution in [0.5, 0.6) is 0 Å². The number of rotatable bonds is 7. The van der Waals surface area contributed by atoms with Crippen LogP contribution in [0.1, 0.15) is 65.1 Å². The van der Waals surface area contributed by atoms with Crippen LogP contribution in [0.4, 0.5) is 0 Å². The van der Waals surface area contributed by atoms with Crippen molar-refractivity contribution in [3.63, 3.8) is 0 Å². The smallest absolute Gasteiger partial charge is 0.247 e. The Hall–Kier alpha value is -3.36. The Bertz CT molecular complexity index is 1550. The average Bonchev–Trinajstić information content (AvgIpc) is 3.26. The monoisotopic (exact) mass is 641 g/mol. The van der Waals surface area contributed by atoms with E-state index in [0.29, 0.717) is 19.6 Å². The number of aliphatic hydroxyl groups excluding tert-OH is 1. The van der Waals surface area contributed by atoms with E-state index in [1.165, 1.54) is 0 Å². The molecule has 6 rings (SSSR count). The molecule has 8 heteroatoms. The summed E-state index contributed by atoms with van der Waals surface area (Å²) in [5.74, 6) is -1.90. The number of carbonyl (C=O) groups excluding carboxylic acids is 3. The summed E-state index contributed by atoms with van der Waals surface area (Å²) >= 11 is 1.59. The maximum Gasteiger partial charge on any atom is 0.247 e. The van der Waals surface area contributed by atoms with Gasteiger partial charge in [0.15, 0.2) is 0 Å².